The summed E-state index contributed by atoms with van der Waals surface area (Å²) in [4.78, 5) is 13.2. The van der Waals surface area contributed by atoms with Gasteiger partial charge in [-0.2, -0.15) is 0 Å². The molecule has 2 amide bonds. The molecule has 0 radical (unpaired) electrons. The summed E-state index contributed by atoms with van der Waals surface area (Å²) in [5, 5.41) is 3.11. The molecule has 0 aliphatic heterocycles. The van der Waals surface area contributed by atoms with Gasteiger partial charge >= 0.3 is 6.03 Å². The molecule has 1 fully saturated rings. The van der Waals surface area contributed by atoms with Gasteiger partial charge in [0.25, 0.3) is 0 Å². The zero-order valence-electron chi connectivity index (χ0n) is 12.0. The molecule has 100 valence electrons. The Morgan fingerprint density at radius 3 is 2.47 bits per heavy atom. The predicted molar refractivity (Wildman–Crippen MR) is 72.0 cm³/mol. The highest BCUT2D eigenvalue weighted by Crippen LogP contribution is 2.37. The van der Waals surface area contributed by atoms with Crippen LogP contribution in [0, 0.1) is 17.8 Å². The van der Waals surface area contributed by atoms with Crippen LogP contribution in [0.4, 0.5) is 4.79 Å². The number of hydrogen-bond donors (Lipinski definition) is 1. The van der Waals surface area contributed by atoms with Crippen molar-refractivity contribution < 1.29 is 4.79 Å². The van der Waals surface area contributed by atoms with E-state index in [2.05, 4.69) is 26.1 Å². The lowest BCUT2D eigenvalue weighted by atomic mass is 9.80. The van der Waals surface area contributed by atoms with E-state index in [0.29, 0.717) is 6.04 Å². The Morgan fingerprint density at radius 2 is 2.00 bits per heavy atom. The molecule has 0 aromatic heterocycles. The first-order valence-corrected chi connectivity index (χ1v) is 6.93. The maximum Gasteiger partial charge on any atom is 0.317 e. The van der Waals surface area contributed by atoms with Gasteiger partial charge < -0.3 is 10.2 Å². The molecule has 1 rings (SSSR count). The fourth-order valence-electron chi connectivity index (χ4n) is 3.19. The molecule has 3 atom stereocenters. The number of carbonyl (C=O) groups excluding carboxylic acids is 1. The first kappa shape index (κ1) is 14.3. The summed E-state index contributed by atoms with van der Waals surface area (Å²) in [7, 11) is 3.59. The molecule has 0 aromatic rings. The highest BCUT2D eigenvalue weighted by molar-refractivity contribution is 5.73. The lowest BCUT2D eigenvalue weighted by molar-refractivity contribution is 0.210. The van der Waals surface area contributed by atoms with Gasteiger partial charge in [0, 0.05) is 20.1 Å². The van der Waals surface area contributed by atoms with Crippen LogP contribution in [0.1, 0.15) is 46.5 Å². The molecule has 1 aliphatic rings. The third kappa shape index (κ3) is 3.90. The molecular formula is C14H28N2O. The van der Waals surface area contributed by atoms with E-state index in [1.807, 2.05) is 0 Å². The quantitative estimate of drug-likeness (QED) is 0.804. The van der Waals surface area contributed by atoms with Gasteiger partial charge in [-0.1, -0.05) is 27.2 Å². The average Bonchev–Trinajstić information content (AvgIpc) is 2.66. The highest BCUT2D eigenvalue weighted by Gasteiger charge is 2.32. The third-order valence-corrected chi connectivity index (χ3v) is 4.14. The van der Waals surface area contributed by atoms with Crippen molar-refractivity contribution in [1.29, 1.82) is 0 Å². The number of nitrogens with one attached hydrogen (secondary N) is 1. The molecule has 0 heterocycles. The first-order chi connectivity index (χ1) is 7.95. The molecule has 1 aliphatic carbocycles. The standard InChI is InChI=1S/C14H28N2O/c1-6-13(10(2)3)11-7-8-12(9-11)15-14(17)16(4)5/h10-13H,6-9H2,1-5H3,(H,15,17). The lowest BCUT2D eigenvalue weighted by Crippen LogP contribution is -2.40. The van der Waals surface area contributed by atoms with E-state index >= 15 is 0 Å². The molecule has 0 bridgehead atoms. The van der Waals surface area contributed by atoms with E-state index in [9.17, 15) is 4.79 Å². The van der Waals surface area contributed by atoms with E-state index in [0.717, 1.165) is 30.6 Å². The molecule has 0 spiro atoms. The molecule has 0 saturated heterocycles. The Balaban J connectivity index is 2.44. The smallest absolute Gasteiger partial charge is 0.317 e. The Hall–Kier alpha value is -0.730. The summed E-state index contributed by atoms with van der Waals surface area (Å²) in [5.74, 6) is 2.37. The third-order valence-electron chi connectivity index (χ3n) is 4.14. The SMILES string of the molecule is CCC(C(C)C)C1CCC(NC(=O)N(C)C)C1. The number of hydrogen-bond acceptors (Lipinski definition) is 1. The van der Waals surface area contributed by atoms with Gasteiger partial charge in [-0.25, -0.2) is 4.79 Å². The minimum absolute atomic E-state index is 0.0493. The van der Waals surface area contributed by atoms with E-state index in [-0.39, 0.29) is 6.03 Å². The zero-order valence-corrected chi connectivity index (χ0v) is 12.0. The van der Waals surface area contributed by atoms with Crippen molar-refractivity contribution in [3.8, 4) is 0 Å². The van der Waals surface area contributed by atoms with Gasteiger partial charge in [-0.15, -0.1) is 0 Å². The number of carbonyl (C=O) groups is 1. The fourth-order valence-corrected chi connectivity index (χ4v) is 3.19. The summed E-state index contributed by atoms with van der Waals surface area (Å²) >= 11 is 0. The van der Waals surface area contributed by atoms with E-state index in [1.54, 1.807) is 19.0 Å². The van der Waals surface area contributed by atoms with Crippen LogP contribution in [0.15, 0.2) is 0 Å². The van der Waals surface area contributed by atoms with Gasteiger partial charge in [-0.05, 0) is 37.0 Å². The first-order valence-electron chi connectivity index (χ1n) is 6.93. The van der Waals surface area contributed by atoms with Gasteiger partial charge in [0.15, 0.2) is 0 Å². The van der Waals surface area contributed by atoms with E-state index < -0.39 is 0 Å². The number of nitrogens with zero attached hydrogens (tertiary/aromatic N) is 1. The summed E-state index contributed by atoms with van der Waals surface area (Å²) in [5.41, 5.74) is 0. The largest absolute Gasteiger partial charge is 0.335 e. The van der Waals surface area contributed by atoms with Crippen molar-refractivity contribution in [1.82, 2.24) is 10.2 Å². The lowest BCUT2D eigenvalue weighted by Gasteiger charge is -2.26. The highest BCUT2D eigenvalue weighted by atomic mass is 16.2. The minimum Gasteiger partial charge on any atom is -0.335 e. The van der Waals surface area contributed by atoms with Crippen molar-refractivity contribution in [2.75, 3.05) is 14.1 Å². The van der Waals surface area contributed by atoms with Gasteiger partial charge in [0.2, 0.25) is 0 Å². The van der Waals surface area contributed by atoms with Crippen LogP contribution in [0.25, 0.3) is 0 Å². The van der Waals surface area contributed by atoms with E-state index in [4.69, 9.17) is 0 Å². The summed E-state index contributed by atoms with van der Waals surface area (Å²) in [6.45, 7) is 6.93. The molecule has 3 unspecified atom stereocenters. The normalized spacial score (nSPS) is 26.0. The zero-order chi connectivity index (χ0) is 13.0. The summed E-state index contributed by atoms with van der Waals surface area (Å²) < 4.78 is 0. The number of urea groups is 1. The fraction of sp³-hybridized carbons (Fsp3) is 0.929. The molecule has 1 saturated carbocycles. The second kappa shape index (κ2) is 6.27. The van der Waals surface area contributed by atoms with Crippen molar-refractivity contribution in [2.24, 2.45) is 17.8 Å². The van der Waals surface area contributed by atoms with Crippen molar-refractivity contribution in [3.63, 3.8) is 0 Å². The summed E-state index contributed by atoms with van der Waals surface area (Å²) in [6.07, 6.45) is 4.84. The van der Waals surface area contributed by atoms with E-state index in [1.165, 1.54) is 12.8 Å². The Kier molecular flexibility index (Phi) is 5.29. The topological polar surface area (TPSA) is 32.3 Å². The van der Waals surface area contributed by atoms with Crippen LogP contribution in [-0.2, 0) is 0 Å². The maximum atomic E-state index is 11.6. The maximum absolute atomic E-state index is 11.6. The Bertz CT molecular complexity index is 251. The van der Waals surface area contributed by atoms with Crippen LogP contribution >= 0.6 is 0 Å². The van der Waals surface area contributed by atoms with Gasteiger partial charge in [0.1, 0.15) is 0 Å². The van der Waals surface area contributed by atoms with Crippen LogP contribution in [0.5, 0.6) is 0 Å². The monoisotopic (exact) mass is 240 g/mol. The predicted octanol–water partition coefficient (Wildman–Crippen LogP) is 3.11. The molecule has 3 heteroatoms. The molecule has 1 N–H and O–H groups in total. The second-order valence-corrected chi connectivity index (χ2v) is 5.93. The van der Waals surface area contributed by atoms with Gasteiger partial charge in [-0.3, -0.25) is 0 Å². The summed E-state index contributed by atoms with van der Waals surface area (Å²) in [6, 6.07) is 0.441. The van der Waals surface area contributed by atoms with Crippen molar-refractivity contribution in [2.45, 2.75) is 52.5 Å². The molecule has 3 nitrogen and oxygen atoms in total. The van der Waals surface area contributed by atoms with Crippen molar-refractivity contribution in [3.05, 3.63) is 0 Å². The Morgan fingerprint density at radius 1 is 1.35 bits per heavy atom. The van der Waals surface area contributed by atoms with Crippen LogP contribution in [0.3, 0.4) is 0 Å². The molecule has 0 aromatic carbocycles. The van der Waals surface area contributed by atoms with Gasteiger partial charge in [0.05, 0.1) is 0 Å². The van der Waals surface area contributed by atoms with Crippen molar-refractivity contribution >= 4 is 6.03 Å². The number of amides is 2. The van der Waals surface area contributed by atoms with Crippen LogP contribution in [-0.4, -0.2) is 31.1 Å². The molecule has 17 heavy (non-hydrogen) atoms. The Labute approximate surface area is 106 Å². The average molecular weight is 240 g/mol. The van der Waals surface area contributed by atoms with Crippen LogP contribution < -0.4 is 5.32 Å². The van der Waals surface area contributed by atoms with Crippen LogP contribution in [0.2, 0.25) is 0 Å². The minimum atomic E-state index is 0.0493. The second-order valence-electron chi connectivity index (χ2n) is 5.93. The number of rotatable bonds is 4. The molecular weight excluding hydrogens is 212 g/mol.